The van der Waals surface area contributed by atoms with Crippen LogP contribution in [0.3, 0.4) is 0 Å². The molecule has 2 fully saturated rings. The number of hydrogen-bond donors (Lipinski definition) is 1. The largest absolute Gasteiger partial charge is 0.490 e. The lowest BCUT2D eigenvalue weighted by atomic mass is 10.0. The smallest absolute Gasteiger partial charge is 0.174 e. The van der Waals surface area contributed by atoms with Crippen LogP contribution in [0.1, 0.15) is 49.2 Å². The van der Waals surface area contributed by atoms with Gasteiger partial charge < -0.3 is 19.5 Å². The fourth-order valence-corrected chi connectivity index (χ4v) is 5.66. The van der Waals surface area contributed by atoms with E-state index in [1.807, 2.05) is 53.2 Å². The van der Waals surface area contributed by atoms with Gasteiger partial charge in [-0.05, 0) is 105 Å². The Morgan fingerprint density at radius 1 is 0.917 bits per heavy atom. The molecule has 0 spiro atoms. The van der Waals surface area contributed by atoms with Crippen molar-refractivity contribution in [2.45, 2.75) is 43.9 Å². The van der Waals surface area contributed by atoms with E-state index in [2.05, 4.69) is 33.4 Å². The van der Waals surface area contributed by atoms with E-state index in [0.717, 1.165) is 41.4 Å². The van der Waals surface area contributed by atoms with Crippen LogP contribution in [-0.2, 0) is 0 Å². The van der Waals surface area contributed by atoms with Crippen molar-refractivity contribution in [2.75, 3.05) is 4.90 Å². The molecule has 182 valence electrons. The Labute approximate surface area is 215 Å². The molecule has 2 aliphatic rings. The summed E-state index contributed by atoms with van der Waals surface area (Å²) in [4.78, 5) is 6.76. The molecule has 3 heterocycles. The summed E-state index contributed by atoms with van der Waals surface area (Å²) in [6.45, 7) is 0. The van der Waals surface area contributed by atoms with Crippen LogP contribution in [0.25, 0.3) is 5.69 Å². The van der Waals surface area contributed by atoms with Crippen LogP contribution in [0.2, 0.25) is 0 Å². The molecule has 2 aromatic heterocycles. The van der Waals surface area contributed by atoms with Crippen molar-refractivity contribution in [3.05, 3.63) is 108 Å². The Morgan fingerprint density at radius 3 is 2.50 bits per heavy atom. The minimum absolute atomic E-state index is 0.185. The molecular weight excluding hydrogens is 471 g/mol. The molecule has 2 atom stereocenters. The number of anilines is 1. The maximum atomic E-state index is 14.1. The highest BCUT2D eigenvalue weighted by atomic mass is 32.1. The molecule has 2 unspecified atom stereocenters. The monoisotopic (exact) mass is 498 g/mol. The molecular formula is C29H27FN4OS. The molecule has 2 aromatic carbocycles. The molecule has 0 radical (unpaired) electrons. The summed E-state index contributed by atoms with van der Waals surface area (Å²) in [5.74, 6) is 0.605. The molecule has 36 heavy (non-hydrogen) atoms. The summed E-state index contributed by atoms with van der Waals surface area (Å²) in [5.41, 5.74) is 3.59. The van der Waals surface area contributed by atoms with E-state index < -0.39 is 0 Å². The van der Waals surface area contributed by atoms with Crippen molar-refractivity contribution in [3.8, 4) is 11.4 Å². The number of benzene rings is 2. The number of pyridine rings is 1. The van der Waals surface area contributed by atoms with Crippen LogP contribution >= 0.6 is 12.2 Å². The summed E-state index contributed by atoms with van der Waals surface area (Å²) < 4.78 is 22.3. The highest BCUT2D eigenvalue weighted by molar-refractivity contribution is 7.80. The number of thiocarbonyl (C=S) groups is 1. The Morgan fingerprint density at radius 2 is 1.75 bits per heavy atom. The average molecular weight is 499 g/mol. The number of halogens is 1. The SMILES string of the molecule is Fc1cccc(-n2cccc2C2C(c3ccccn3)NC(=S)N2c2ccc(OC3CCCC3)cc2)c1. The number of rotatable bonds is 6. The molecule has 1 aliphatic carbocycles. The highest BCUT2D eigenvalue weighted by Gasteiger charge is 2.42. The van der Waals surface area contributed by atoms with Crippen LogP contribution in [0.5, 0.6) is 5.75 Å². The van der Waals surface area contributed by atoms with Gasteiger partial charge in [-0.2, -0.15) is 0 Å². The van der Waals surface area contributed by atoms with Gasteiger partial charge in [-0.1, -0.05) is 12.1 Å². The average Bonchev–Trinajstić information content (AvgIpc) is 3.65. The first-order chi connectivity index (χ1) is 17.7. The number of nitrogens with one attached hydrogen (secondary N) is 1. The summed E-state index contributed by atoms with van der Waals surface area (Å²) in [5, 5.41) is 4.11. The maximum absolute atomic E-state index is 14.1. The van der Waals surface area contributed by atoms with Gasteiger partial charge in [0.1, 0.15) is 17.6 Å². The molecule has 0 amide bonds. The van der Waals surface area contributed by atoms with Crippen LogP contribution in [0.4, 0.5) is 10.1 Å². The lowest BCUT2D eigenvalue weighted by Crippen LogP contribution is -2.30. The minimum Gasteiger partial charge on any atom is -0.490 e. The molecule has 0 bridgehead atoms. The lowest BCUT2D eigenvalue weighted by molar-refractivity contribution is 0.210. The van der Waals surface area contributed by atoms with E-state index in [0.29, 0.717) is 11.2 Å². The van der Waals surface area contributed by atoms with Crippen molar-refractivity contribution in [1.29, 1.82) is 0 Å². The lowest BCUT2D eigenvalue weighted by Gasteiger charge is -2.29. The van der Waals surface area contributed by atoms with E-state index in [9.17, 15) is 4.39 Å². The van der Waals surface area contributed by atoms with Gasteiger partial charge in [0.15, 0.2) is 5.11 Å². The van der Waals surface area contributed by atoms with E-state index in [1.165, 1.54) is 18.9 Å². The van der Waals surface area contributed by atoms with Crippen molar-refractivity contribution in [3.63, 3.8) is 0 Å². The number of nitrogens with zero attached hydrogens (tertiary/aromatic N) is 3. The predicted molar refractivity (Wildman–Crippen MR) is 143 cm³/mol. The quantitative estimate of drug-likeness (QED) is 0.307. The Kier molecular flexibility index (Phi) is 6.15. The van der Waals surface area contributed by atoms with Crippen molar-refractivity contribution >= 4 is 23.0 Å². The minimum atomic E-state index is -0.275. The number of hydrogen-bond acceptors (Lipinski definition) is 3. The standard InChI is InChI=1S/C29H27FN4OS/c30-20-7-5-8-22(19-20)33-18-6-12-26(33)28-27(25-11-3-4-17-31-25)32-29(36)34(28)21-13-15-24(16-14-21)35-23-9-1-2-10-23/h3-8,11-19,23,27-28H,1-2,9-10H2,(H,32,36). The third kappa shape index (κ3) is 4.35. The molecule has 5 nitrogen and oxygen atoms in total. The molecule has 1 saturated heterocycles. The summed E-state index contributed by atoms with van der Waals surface area (Å²) in [7, 11) is 0. The van der Waals surface area contributed by atoms with Gasteiger partial charge >= 0.3 is 0 Å². The molecule has 1 aliphatic heterocycles. The van der Waals surface area contributed by atoms with E-state index in [1.54, 1.807) is 18.3 Å². The maximum Gasteiger partial charge on any atom is 0.174 e. The molecule has 4 aromatic rings. The molecule has 7 heteroatoms. The Bertz CT molecular complexity index is 1350. The fourth-order valence-electron chi connectivity index (χ4n) is 5.31. The van der Waals surface area contributed by atoms with Gasteiger partial charge in [0, 0.05) is 29.5 Å². The van der Waals surface area contributed by atoms with E-state index >= 15 is 0 Å². The topological polar surface area (TPSA) is 42.3 Å². The Hall–Kier alpha value is -3.71. The van der Waals surface area contributed by atoms with Crippen LogP contribution < -0.4 is 15.0 Å². The highest BCUT2D eigenvalue weighted by Crippen LogP contribution is 2.42. The summed E-state index contributed by atoms with van der Waals surface area (Å²) in [6, 6.07) is 24.3. The first kappa shape index (κ1) is 22.7. The Balaban J connectivity index is 1.40. The van der Waals surface area contributed by atoms with Gasteiger partial charge in [-0.15, -0.1) is 0 Å². The van der Waals surface area contributed by atoms with Crippen LogP contribution in [-0.4, -0.2) is 20.8 Å². The first-order valence-corrected chi connectivity index (χ1v) is 12.8. The van der Waals surface area contributed by atoms with Gasteiger partial charge in [0.05, 0.1) is 17.8 Å². The van der Waals surface area contributed by atoms with E-state index in [-0.39, 0.29) is 17.9 Å². The summed E-state index contributed by atoms with van der Waals surface area (Å²) in [6.07, 6.45) is 8.76. The van der Waals surface area contributed by atoms with Crippen molar-refractivity contribution in [2.24, 2.45) is 0 Å². The van der Waals surface area contributed by atoms with Gasteiger partial charge in [0.2, 0.25) is 0 Å². The molecule has 1 N–H and O–H groups in total. The first-order valence-electron chi connectivity index (χ1n) is 12.4. The third-order valence-electron chi connectivity index (χ3n) is 6.99. The zero-order valence-electron chi connectivity index (χ0n) is 19.8. The zero-order valence-corrected chi connectivity index (χ0v) is 20.6. The van der Waals surface area contributed by atoms with E-state index in [4.69, 9.17) is 17.0 Å². The predicted octanol–water partition coefficient (Wildman–Crippen LogP) is 6.51. The second kappa shape index (κ2) is 9.74. The van der Waals surface area contributed by atoms with Gasteiger partial charge in [-0.3, -0.25) is 4.98 Å². The van der Waals surface area contributed by atoms with Crippen molar-refractivity contribution < 1.29 is 9.13 Å². The molecule has 1 saturated carbocycles. The van der Waals surface area contributed by atoms with Crippen LogP contribution in [0, 0.1) is 5.82 Å². The van der Waals surface area contributed by atoms with Gasteiger partial charge in [-0.25, -0.2) is 4.39 Å². The normalized spacial score (nSPS) is 20.0. The second-order valence-electron chi connectivity index (χ2n) is 9.30. The van der Waals surface area contributed by atoms with Crippen LogP contribution in [0.15, 0.2) is 91.3 Å². The summed E-state index contributed by atoms with van der Waals surface area (Å²) >= 11 is 5.87. The third-order valence-corrected chi connectivity index (χ3v) is 7.30. The fraction of sp³-hybridized carbons (Fsp3) is 0.241. The zero-order chi connectivity index (χ0) is 24.5. The van der Waals surface area contributed by atoms with Crippen molar-refractivity contribution in [1.82, 2.24) is 14.9 Å². The number of aromatic nitrogens is 2. The number of ether oxygens (including phenoxy) is 1. The molecule has 6 rings (SSSR count). The second-order valence-corrected chi connectivity index (χ2v) is 9.68. The van der Waals surface area contributed by atoms with Gasteiger partial charge in [0.25, 0.3) is 0 Å².